The quantitative estimate of drug-likeness (QED) is 0.152. The molecule has 0 aliphatic heterocycles. The Kier molecular flexibility index (Phi) is 9.39. The smallest absolute Gasteiger partial charge is 0.166 e. The van der Waals surface area contributed by atoms with E-state index in [4.69, 9.17) is 24.4 Å². The second-order valence-corrected chi connectivity index (χ2v) is 17.0. The third-order valence-corrected chi connectivity index (χ3v) is 12.9. The van der Waals surface area contributed by atoms with Crippen LogP contribution in [0.1, 0.15) is 0 Å². The van der Waals surface area contributed by atoms with Crippen LogP contribution in [0.2, 0.25) is 0 Å². The second-order valence-electron chi connectivity index (χ2n) is 17.0. The molecule has 13 rings (SSSR count). The van der Waals surface area contributed by atoms with Crippen LogP contribution in [0, 0.1) is 0 Å². The molecule has 0 atom stereocenters. The van der Waals surface area contributed by atoms with Crippen molar-refractivity contribution >= 4 is 43.7 Å². The molecule has 0 spiro atoms. The number of hydrogen-bond acceptors (Lipinski definition) is 5. The second kappa shape index (κ2) is 16.3. The zero-order chi connectivity index (χ0) is 45.0. The molecule has 0 aliphatic rings. The van der Waals surface area contributed by atoms with Gasteiger partial charge in [-0.1, -0.05) is 182 Å². The lowest BCUT2D eigenvalue weighted by atomic mass is 9.90. The first kappa shape index (κ1) is 39.1. The SMILES string of the molecule is c1ccc(-c2nc(-c3ccccc3)nc(-c3cc(-c4ccc(-c5ccccc5)c(-c5ccccc5)c4)cnc3-c3cccc4oc5c(ccc6c5c5ccccc5n6-c5ccccc5)c34)n2)cc1. The van der Waals surface area contributed by atoms with E-state index in [0.717, 1.165) is 111 Å². The van der Waals surface area contributed by atoms with Crippen molar-refractivity contribution in [2.75, 3.05) is 0 Å². The van der Waals surface area contributed by atoms with Gasteiger partial charge in [-0.15, -0.1) is 0 Å². The summed E-state index contributed by atoms with van der Waals surface area (Å²) in [6.45, 7) is 0. The summed E-state index contributed by atoms with van der Waals surface area (Å²) in [6.07, 6.45) is 1.98. The monoisotopic (exact) mass is 869 g/mol. The minimum Gasteiger partial charge on any atom is -0.455 e. The van der Waals surface area contributed by atoms with Crippen LogP contribution in [0.4, 0.5) is 0 Å². The first-order chi connectivity index (χ1) is 33.7. The Labute approximate surface area is 392 Å². The molecule has 4 aromatic heterocycles. The molecule has 6 nitrogen and oxygen atoms in total. The summed E-state index contributed by atoms with van der Waals surface area (Å²) in [5.74, 6) is 1.67. The fourth-order valence-corrected chi connectivity index (χ4v) is 9.77. The normalized spacial score (nSPS) is 11.5. The lowest BCUT2D eigenvalue weighted by Crippen LogP contribution is -2.02. The Bertz CT molecular complexity index is 3940. The Morgan fingerprint density at radius 3 is 1.59 bits per heavy atom. The van der Waals surface area contributed by atoms with Crippen molar-refractivity contribution in [1.29, 1.82) is 0 Å². The van der Waals surface area contributed by atoms with Gasteiger partial charge in [-0.3, -0.25) is 4.98 Å². The van der Waals surface area contributed by atoms with Gasteiger partial charge in [-0.25, -0.2) is 15.0 Å². The van der Waals surface area contributed by atoms with Crippen molar-refractivity contribution in [3.05, 3.63) is 237 Å². The van der Waals surface area contributed by atoms with Gasteiger partial charge in [0.15, 0.2) is 17.5 Å². The molecule has 0 radical (unpaired) electrons. The lowest BCUT2D eigenvalue weighted by molar-refractivity contribution is 0.673. The van der Waals surface area contributed by atoms with E-state index in [2.05, 4.69) is 174 Å². The van der Waals surface area contributed by atoms with E-state index in [0.29, 0.717) is 17.5 Å². The summed E-state index contributed by atoms with van der Waals surface area (Å²) in [7, 11) is 0. The Hall–Kier alpha value is -9.26. The molecule has 0 bridgehead atoms. The fraction of sp³-hybridized carbons (Fsp3) is 0. The molecule has 0 aliphatic carbocycles. The molecular weight excluding hydrogens is 831 g/mol. The number of fused-ring (bicyclic) bond motifs is 7. The predicted octanol–water partition coefficient (Wildman–Crippen LogP) is 15.9. The van der Waals surface area contributed by atoms with Gasteiger partial charge in [0.25, 0.3) is 0 Å². The summed E-state index contributed by atoms with van der Waals surface area (Å²) in [4.78, 5) is 21.1. The van der Waals surface area contributed by atoms with Gasteiger partial charge < -0.3 is 8.98 Å². The van der Waals surface area contributed by atoms with Crippen LogP contribution in [-0.2, 0) is 0 Å². The minimum absolute atomic E-state index is 0.518. The number of aromatic nitrogens is 5. The zero-order valence-corrected chi connectivity index (χ0v) is 36.7. The molecule has 4 heterocycles. The van der Waals surface area contributed by atoms with Crippen LogP contribution in [0.3, 0.4) is 0 Å². The van der Waals surface area contributed by atoms with Crippen LogP contribution in [0.15, 0.2) is 241 Å². The molecule has 9 aromatic carbocycles. The van der Waals surface area contributed by atoms with Gasteiger partial charge in [-0.2, -0.15) is 0 Å². The summed E-state index contributed by atoms with van der Waals surface area (Å²) in [5, 5.41) is 4.17. The molecule has 0 saturated heterocycles. The average molecular weight is 870 g/mol. The van der Waals surface area contributed by atoms with E-state index in [9.17, 15) is 0 Å². The van der Waals surface area contributed by atoms with E-state index < -0.39 is 0 Å². The van der Waals surface area contributed by atoms with Crippen LogP contribution in [0.25, 0.3) is 128 Å². The third kappa shape index (κ3) is 6.66. The maximum absolute atomic E-state index is 7.00. The first-order valence-electron chi connectivity index (χ1n) is 22.8. The minimum atomic E-state index is 0.518. The van der Waals surface area contributed by atoms with E-state index in [1.165, 1.54) is 0 Å². The summed E-state index contributed by atoms with van der Waals surface area (Å²) < 4.78 is 9.32. The molecular formula is C62H39N5O. The highest BCUT2D eigenvalue weighted by molar-refractivity contribution is 6.25. The highest BCUT2D eigenvalue weighted by Crippen LogP contribution is 2.45. The number of benzene rings is 9. The summed E-state index contributed by atoms with van der Waals surface area (Å²) >= 11 is 0. The van der Waals surface area contributed by atoms with Crippen LogP contribution in [0.5, 0.6) is 0 Å². The first-order valence-corrected chi connectivity index (χ1v) is 22.8. The number of hydrogen-bond donors (Lipinski definition) is 0. The van der Waals surface area contributed by atoms with E-state index in [1.54, 1.807) is 0 Å². The molecule has 0 fully saturated rings. The van der Waals surface area contributed by atoms with Crippen LogP contribution >= 0.6 is 0 Å². The highest BCUT2D eigenvalue weighted by atomic mass is 16.3. The Morgan fingerprint density at radius 2 is 0.912 bits per heavy atom. The standard InChI is InChI=1S/C62H39N5O/c1-6-19-40(20-7-1)47-34-33-44(37-51(47)41-21-8-2-9-22-41)45-38-52(62-65-60(42-23-10-3-11-24-42)64-61(66-62)43-25-12-4-13-26-43)58(63-39-45)49-30-18-32-55-56(49)50-35-36-54-57(59(50)68-55)48-29-16-17-31-53(48)67(54)46-27-14-5-15-28-46/h1-39H. The lowest BCUT2D eigenvalue weighted by Gasteiger charge is -2.16. The number of pyridine rings is 1. The fourth-order valence-electron chi connectivity index (χ4n) is 9.77. The van der Waals surface area contributed by atoms with Gasteiger partial charge >= 0.3 is 0 Å². The van der Waals surface area contributed by atoms with Crippen molar-refractivity contribution in [1.82, 2.24) is 24.5 Å². The Morgan fingerprint density at radius 1 is 0.338 bits per heavy atom. The highest BCUT2D eigenvalue weighted by Gasteiger charge is 2.24. The molecule has 0 N–H and O–H groups in total. The maximum atomic E-state index is 7.00. The number of para-hydroxylation sites is 2. The van der Waals surface area contributed by atoms with Crippen LogP contribution < -0.4 is 0 Å². The van der Waals surface area contributed by atoms with Gasteiger partial charge in [0.1, 0.15) is 11.2 Å². The number of furan rings is 1. The van der Waals surface area contributed by atoms with Crippen LogP contribution in [-0.4, -0.2) is 24.5 Å². The van der Waals surface area contributed by atoms with Crippen molar-refractivity contribution < 1.29 is 4.42 Å². The van der Waals surface area contributed by atoms with Gasteiger partial charge in [0.2, 0.25) is 0 Å². The number of nitrogens with zero attached hydrogens (tertiary/aromatic N) is 5. The summed E-state index contributed by atoms with van der Waals surface area (Å²) in [5.41, 5.74) is 15.6. The third-order valence-electron chi connectivity index (χ3n) is 12.9. The van der Waals surface area contributed by atoms with E-state index >= 15 is 0 Å². The van der Waals surface area contributed by atoms with Crippen molar-refractivity contribution in [2.24, 2.45) is 0 Å². The maximum Gasteiger partial charge on any atom is 0.166 e. The molecule has 318 valence electrons. The largest absolute Gasteiger partial charge is 0.455 e. The van der Waals surface area contributed by atoms with E-state index in [1.807, 2.05) is 66.9 Å². The molecule has 13 aromatic rings. The molecule has 0 unspecified atom stereocenters. The molecule has 6 heteroatoms. The van der Waals surface area contributed by atoms with Crippen molar-refractivity contribution in [3.8, 4) is 84.5 Å². The summed E-state index contributed by atoms with van der Waals surface area (Å²) in [6, 6.07) is 80.0. The Balaban J connectivity index is 1.07. The molecule has 0 saturated carbocycles. The zero-order valence-electron chi connectivity index (χ0n) is 36.7. The average Bonchev–Trinajstić information content (AvgIpc) is 3.98. The van der Waals surface area contributed by atoms with Gasteiger partial charge in [-0.05, 0) is 76.3 Å². The molecule has 0 amide bonds. The van der Waals surface area contributed by atoms with Crippen molar-refractivity contribution in [2.45, 2.75) is 0 Å². The number of rotatable bonds is 8. The van der Waals surface area contributed by atoms with Crippen molar-refractivity contribution in [3.63, 3.8) is 0 Å². The van der Waals surface area contributed by atoms with Gasteiger partial charge in [0, 0.05) is 55.9 Å². The van der Waals surface area contributed by atoms with Gasteiger partial charge in [0.05, 0.1) is 22.1 Å². The van der Waals surface area contributed by atoms with E-state index in [-0.39, 0.29) is 0 Å². The molecule has 68 heavy (non-hydrogen) atoms. The predicted molar refractivity (Wildman–Crippen MR) is 277 cm³/mol. The topological polar surface area (TPSA) is 69.6 Å².